The number of hydrogen-bond donors (Lipinski definition) is 1. The summed E-state index contributed by atoms with van der Waals surface area (Å²) in [6, 6.07) is 10.1. The zero-order valence-corrected chi connectivity index (χ0v) is 9.02. The maximum Gasteiger partial charge on any atom is 0.139 e. The van der Waals surface area contributed by atoms with E-state index in [-0.39, 0.29) is 5.78 Å². The third-order valence-electron chi connectivity index (χ3n) is 2.48. The van der Waals surface area contributed by atoms with Crippen LogP contribution in [0.25, 0.3) is 0 Å². The minimum absolute atomic E-state index is 0.244. The van der Waals surface area contributed by atoms with Gasteiger partial charge in [0, 0.05) is 24.7 Å². The third kappa shape index (κ3) is 3.05. The first kappa shape index (κ1) is 10.6. The molecular formula is C13H14N2O. The van der Waals surface area contributed by atoms with Gasteiger partial charge in [-0.3, -0.25) is 4.79 Å². The van der Waals surface area contributed by atoms with Crippen molar-refractivity contribution >= 4 is 5.78 Å². The molecule has 0 aliphatic carbocycles. The number of imidazole rings is 1. The molecule has 1 aromatic carbocycles. The molecule has 0 amide bonds. The molecule has 0 bridgehead atoms. The number of aromatic nitrogens is 2. The summed E-state index contributed by atoms with van der Waals surface area (Å²) in [5.74, 6) is 0.244. The normalized spacial score (nSPS) is 10.2. The monoisotopic (exact) mass is 214 g/mol. The fourth-order valence-corrected chi connectivity index (χ4v) is 1.61. The predicted octanol–water partition coefficient (Wildman–Crippen LogP) is 2.15. The number of hydrogen-bond acceptors (Lipinski definition) is 2. The Bertz CT molecular complexity index is 434. The van der Waals surface area contributed by atoms with Gasteiger partial charge in [0.2, 0.25) is 0 Å². The molecule has 0 unspecified atom stereocenters. The summed E-state index contributed by atoms with van der Waals surface area (Å²) in [6.45, 7) is 0. The lowest BCUT2D eigenvalue weighted by Gasteiger charge is -2.00. The smallest absolute Gasteiger partial charge is 0.139 e. The quantitative estimate of drug-likeness (QED) is 0.829. The highest BCUT2D eigenvalue weighted by atomic mass is 16.1. The number of carbonyl (C=O) groups is 1. The lowest BCUT2D eigenvalue weighted by Crippen LogP contribution is -2.04. The van der Waals surface area contributed by atoms with Gasteiger partial charge in [0.25, 0.3) is 0 Å². The van der Waals surface area contributed by atoms with Crippen molar-refractivity contribution in [3.63, 3.8) is 0 Å². The van der Waals surface area contributed by atoms with Crippen LogP contribution in [-0.2, 0) is 17.6 Å². The Labute approximate surface area is 94.5 Å². The van der Waals surface area contributed by atoms with Crippen LogP contribution < -0.4 is 0 Å². The molecule has 0 saturated heterocycles. The number of benzene rings is 1. The van der Waals surface area contributed by atoms with Crippen LogP contribution >= 0.6 is 0 Å². The van der Waals surface area contributed by atoms with Gasteiger partial charge in [-0.05, 0) is 12.0 Å². The summed E-state index contributed by atoms with van der Waals surface area (Å²) < 4.78 is 0. The molecule has 0 radical (unpaired) electrons. The van der Waals surface area contributed by atoms with Crippen LogP contribution in [0.5, 0.6) is 0 Å². The number of H-pyrrole nitrogens is 1. The van der Waals surface area contributed by atoms with Gasteiger partial charge in [0.05, 0.1) is 6.33 Å². The number of Topliss-reactive ketones (excluding diaryl/α,β-unsaturated/α-hetero) is 1. The highest BCUT2D eigenvalue weighted by Gasteiger charge is 2.04. The molecule has 0 spiro atoms. The second-order valence-electron chi connectivity index (χ2n) is 3.78. The minimum atomic E-state index is 0.244. The second kappa shape index (κ2) is 5.26. The summed E-state index contributed by atoms with van der Waals surface area (Å²) in [4.78, 5) is 18.5. The maximum atomic E-state index is 11.6. The zero-order valence-electron chi connectivity index (χ0n) is 9.02. The molecule has 0 fully saturated rings. The standard InChI is InChI=1S/C13H14N2O/c16-13(8-12-9-14-10-15-12)7-6-11-4-2-1-3-5-11/h1-5,9-10H,6-8H2,(H,14,15). The summed E-state index contributed by atoms with van der Waals surface area (Å²) in [6.07, 6.45) is 5.14. The Hall–Kier alpha value is -1.90. The van der Waals surface area contributed by atoms with Crippen molar-refractivity contribution in [2.24, 2.45) is 0 Å². The average molecular weight is 214 g/mol. The molecule has 0 atom stereocenters. The van der Waals surface area contributed by atoms with Crippen molar-refractivity contribution in [3.8, 4) is 0 Å². The average Bonchev–Trinajstić information content (AvgIpc) is 2.81. The largest absolute Gasteiger partial charge is 0.348 e. The Morgan fingerprint density at radius 3 is 2.75 bits per heavy atom. The first-order valence-corrected chi connectivity index (χ1v) is 5.37. The van der Waals surface area contributed by atoms with Crippen LogP contribution in [-0.4, -0.2) is 15.8 Å². The van der Waals surface area contributed by atoms with E-state index in [1.807, 2.05) is 30.3 Å². The molecule has 16 heavy (non-hydrogen) atoms. The molecule has 1 N–H and O–H groups in total. The van der Waals surface area contributed by atoms with Gasteiger partial charge < -0.3 is 4.98 Å². The van der Waals surface area contributed by atoms with Gasteiger partial charge >= 0.3 is 0 Å². The zero-order chi connectivity index (χ0) is 11.2. The van der Waals surface area contributed by atoms with Gasteiger partial charge in [-0.1, -0.05) is 30.3 Å². The first-order chi connectivity index (χ1) is 7.84. The fraction of sp³-hybridized carbons (Fsp3) is 0.231. The van der Waals surface area contributed by atoms with Gasteiger partial charge in [-0.25, -0.2) is 4.98 Å². The Balaban J connectivity index is 1.80. The highest BCUT2D eigenvalue weighted by molar-refractivity contribution is 5.80. The van der Waals surface area contributed by atoms with E-state index in [4.69, 9.17) is 0 Å². The molecule has 82 valence electrons. The SMILES string of the molecule is O=C(CCc1ccccc1)Cc1cnc[nH]1. The van der Waals surface area contributed by atoms with Crippen molar-refractivity contribution in [1.82, 2.24) is 9.97 Å². The Kier molecular flexibility index (Phi) is 3.49. The van der Waals surface area contributed by atoms with Gasteiger partial charge in [0.15, 0.2) is 0 Å². The van der Waals surface area contributed by atoms with E-state index in [9.17, 15) is 4.79 Å². The molecule has 0 aliphatic heterocycles. The van der Waals surface area contributed by atoms with Crippen molar-refractivity contribution < 1.29 is 4.79 Å². The number of nitrogens with zero attached hydrogens (tertiary/aromatic N) is 1. The van der Waals surface area contributed by atoms with E-state index in [1.54, 1.807) is 12.5 Å². The van der Waals surface area contributed by atoms with Crippen molar-refractivity contribution in [2.75, 3.05) is 0 Å². The van der Waals surface area contributed by atoms with Gasteiger partial charge in [-0.2, -0.15) is 0 Å². The summed E-state index contributed by atoms with van der Waals surface area (Å²) >= 11 is 0. The second-order valence-corrected chi connectivity index (χ2v) is 3.78. The van der Waals surface area contributed by atoms with E-state index in [0.29, 0.717) is 12.8 Å². The number of aryl methyl sites for hydroxylation is 1. The lowest BCUT2D eigenvalue weighted by atomic mass is 10.1. The predicted molar refractivity (Wildman–Crippen MR) is 62.1 cm³/mol. The fourth-order valence-electron chi connectivity index (χ4n) is 1.61. The van der Waals surface area contributed by atoms with E-state index in [0.717, 1.165) is 12.1 Å². The molecule has 1 heterocycles. The van der Waals surface area contributed by atoms with E-state index in [1.165, 1.54) is 5.56 Å². The van der Waals surface area contributed by atoms with Gasteiger partial charge in [0.1, 0.15) is 5.78 Å². The Morgan fingerprint density at radius 2 is 2.06 bits per heavy atom. The molecule has 1 aromatic heterocycles. The van der Waals surface area contributed by atoms with Crippen molar-refractivity contribution in [2.45, 2.75) is 19.3 Å². The van der Waals surface area contributed by atoms with E-state index < -0.39 is 0 Å². The number of nitrogens with one attached hydrogen (secondary N) is 1. The maximum absolute atomic E-state index is 11.6. The molecule has 2 aromatic rings. The Morgan fingerprint density at radius 1 is 1.25 bits per heavy atom. The van der Waals surface area contributed by atoms with E-state index >= 15 is 0 Å². The van der Waals surface area contributed by atoms with Crippen molar-refractivity contribution in [1.29, 1.82) is 0 Å². The summed E-state index contributed by atoms with van der Waals surface area (Å²) in [7, 11) is 0. The van der Waals surface area contributed by atoms with Crippen LogP contribution in [0.2, 0.25) is 0 Å². The summed E-state index contributed by atoms with van der Waals surface area (Å²) in [5.41, 5.74) is 2.10. The number of aromatic amines is 1. The molecule has 2 rings (SSSR count). The molecule has 0 saturated carbocycles. The number of carbonyl (C=O) groups excluding carboxylic acids is 1. The van der Waals surface area contributed by atoms with Crippen LogP contribution in [0.1, 0.15) is 17.7 Å². The molecule has 0 aliphatic rings. The van der Waals surface area contributed by atoms with Crippen LogP contribution in [0.3, 0.4) is 0 Å². The number of ketones is 1. The first-order valence-electron chi connectivity index (χ1n) is 5.37. The molecule has 3 nitrogen and oxygen atoms in total. The molecule has 3 heteroatoms. The van der Waals surface area contributed by atoms with Crippen LogP contribution in [0.15, 0.2) is 42.9 Å². The number of rotatable bonds is 5. The summed E-state index contributed by atoms with van der Waals surface area (Å²) in [5, 5.41) is 0. The van der Waals surface area contributed by atoms with Crippen molar-refractivity contribution in [3.05, 3.63) is 54.1 Å². The third-order valence-corrected chi connectivity index (χ3v) is 2.48. The van der Waals surface area contributed by atoms with Crippen LogP contribution in [0, 0.1) is 0 Å². The highest BCUT2D eigenvalue weighted by Crippen LogP contribution is 2.04. The lowest BCUT2D eigenvalue weighted by molar-refractivity contribution is -0.118. The molecular weight excluding hydrogens is 200 g/mol. The topological polar surface area (TPSA) is 45.8 Å². The minimum Gasteiger partial charge on any atom is -0.348 e. The van der Waals surface area contributed by atoms with E-state index in [2.05, 4.69) is 9.97 Å². The van der Waals surface area contributed by atoms with Crippen LogP contribution in [0.4, 0.5) is 0 Å². The van der Waals surface area contributed by atoms with Gasteiger partial charge in [-0.15, -0.1) is 0 Å².